The number of rotatable bonds is 1. The van der Waals surface area contributed by atoms with E-state index in [0.29, 0.717) is 19.4 Å². The highest BCUT2D eigenvalue weighted by Gasteiger charge is 2.40. The van der Waals surface area contributed by atoms with Gasteiger partial charge in [0, 0.05) is 13.0 Å². The fourth-order valence-electron chi connectivity index (χ4n) is 3.30. The summed E-state index contributed by atoms with van der Waals surface area (Å²) in [5.41, 5.74) is 1.94. The second-order valence-electron chi connectivity index (χ2n) is 5.72. The van der Waals surface area contributed by atoms with Crippen molar-refractivity contribution in [2.75, 3.05) is 6.54 Å². The highest BCUT2D eigenvalue weighted by atomic mass is 16.4. The molecule has 1 fully saturated rings. The number of benzene rings is 1. The van der Waals surface area contributed by atoms with Crippen molar-refractivity contribution in [3.05, 3.63) is 35.4 Å². The summed E-state index contributed by atoms with van der Waals surface area (Å²) in [5, 5.41) is 18.6. The van der Waals surface area contributed by atoms with Crippen LogP contribution in [0.1, 0.15) is 24.0 Å². The Kier molecular flexibility index (Phi) is 3.72. The third kappa shape index (κ3) is 2.39. The van der Waals surface area contributed by atoms with Gasteiger partial charge in [-0.25, -0.2) is 4.79 Å². The molecule has 0 aromatic heterocycles. The first-order chi connectivity index (χ1) is 10.6. The van der Waals surface area contributed by atoms with Gasteiger partial charge >= 0.3 is 6.09 Å². The maximum absolute atomic E-state index is 12.8. The van der Waals surface area contributed by atoms with E-state index in [0.717, 1.165) is 17.5 Å². The van der Waals surface area contributed by atoms with E-state index in [1.807, 2.05) is 24.3 Å². The number of fused-ring (bicyclic) bond motifs is 1. The molecule has 0 radical (unpaired) electrons. The van der Waals surface area contributed by atoms with Crippen molar-refractivity contribution in [1.82, 2.24) is 9.80 Å². The summed E-state index contributed by atoms with van der Waals surface area (Å²) in [7, 11) is 0. The molecule has 2 heterocycles. The molecule has 0 bridgehead atoms. The van der Waals surface area contributed by atoms with Gasteiger partial charge in [-0.2, -0.15) is 5.26 Å². The van der Waals surface area contributed by atoms with Crippen LogP contribution in [-0.2, 0) is 17.8 Å². The van der Waals surface area contributed by atoms with E-state index in [1.54, 1.807) is 0 Å². The standard InChI is InChI=1S/C16H17N3O3/c17-9-13-6-3-7-18(13)15(20)14-8-11-4-1-2-5-12(11)10-19(14)16(21)22/h1-2,4-5,13-14H,3,6-8,10H2,(H,21,22)/t13-,14+/m0/s1. The van der Waals surface area contributed by atoms with E-state index < -0.39 is 18.2 Å². The minimum Gasteiger partial charge on any atom is -0.465 e. The van der Waals surface area contributed by atoms with Gasteiger partial charge in [-0.1, -0.05) is 24.3 Å². The minimum atomic E-state index is -1.10. The fraction of sp³-hybridized carbons (Fsp3) is 0.438. The van der Waals surface area contributed by atoms with Gasteiger partial charge in [0.1, 0.15) is 12.1 Å². The Morgan fingerprint density at radius 3 is 2.64 bits per heavy atom. The average molecular weight is 299 g/mol. The van der Waals surface area contributed by atoms with Crippen LogP contribution >= 0.6 is 0 Å². The molecule has 1 N–H and O–H groups in total. The maximum atomic E-state index is 12.8. The van der Waals surface area contributed by atoms with Crippen LogP contribution in [0.3, 0.4) is 0 Å². The van der Waals surface area contributed by atoms with Crippen LogP contribution in [-0.4, -0.2) is 45.5 Å². The predicted molar refractivity (Wildman–Crippen MR) is 77.8 cm³/mol. The number of likely N-dealkylation sites (tertiary alicyclic amines) is 1. The molecule has 6 nitrogen and oxygen atoms in total. The highest BCUT2D eigenvalue weighted by Crippen LogP contribution is 2.27. The quantitative estimate of drug-likeness (QED) is 0.853. The molecular weight excluding hydrogens is 282 g/mol. The SMILES string of the molecule is N#C[C@@H]1CCCN1C(=O)[C@H]1Cc2ccccc2CN1C(=O)O. The summed E-state index contributed by atoms with van der Waals surface area (Å²) in [6.07, 6.45) is 0.732. The lowest BCUT2D eigenvalue weighted by molar-refractivity contribution is -0.136. The van der Waals surface area contributed by atoms with Gasteiger partial charge < -0.3 is 10.0 Å². The zero-order chi connectivity index (χ0) is 15.7. The van der Waals surface area contributed by atoms with Gasteiger partial charge in [0.05, 0.1) is 12.6 Å². The van der Waals surface area contributed by atoms with Crippen molar-refractivity contribution in [3.8, 4) is 6.07 Å². The number of carbonyl (C=O) groups excluding carboxylic acids is 1. The Labute approximate surface area is 128 Å². The molecule has 1 saturated heterocycles. The van der Waals surface area contributed by atoms with E-state index in [2.05, 4.69) is 6.07 Å². The maximum Gasteiger partial charge on any atom is 0.408 e. The van der Waals surface area contributed by atoms with Crippen LogP contribution in [0.15, 0.2) is 24.3 Å². The Hall–Kier alpha value is -2.55. The van der Waals surface area contributed by atoms with Crippen molar-refractivity contribution < 1.29 is 14.7 Å². The van der Waals surface area contributed by atoms with Crippen molar-refractivity contribution in [1.29, 1.82) is 5.26 Å². The van der Waals surface area contributed by atoms with Crippen molar-refractivity contribution in [3.63, 3.8) is 0 Å². The van der Waals surface area contributed by atoms with Gasteiger partial charge in [0.25, 0.3) is 0 Å². The van der Waals surface area contributed by atoms with Crippen LogP contribution in [0, 0.1) is 11.3 Å². The third-order valence-corrected chi connectivity index (χ3v) is 4.46. The van der Waals surface area contributed by atoms with Crippen molar-refractivity contribution in [2.24, 2.45) is 0 Å². The molecule has 0 saturated carbocycles. The van der Waals surface area contributed by atoms with Gasteiger partial charge in [-0.15, -0.1) is 0 Å². The second kappa shape index (κ2) is 5.68. The molecule has 6 heteroatoms. The van der Waals surface area contributed by atoms with Crippen LogP contribution in [0.25, 0.3) is 0 Å². The molecule has 2 aliphatic heterocycles. The van der Waals surface area contributed by atoms with Gasteiger partial charge in [-0.05, 0) is 24.0 Å². The molecule has 2 amide bonds. The normalized spacial score (nSPS) is 23.8. The molecule has 22 heavy (non-hydrogen) atoms. The van der Waals surface area contributed by atoms with Crippen molar-refractivity contribution in [2.45, 2.75) is 37.9 Å². The first kappa shape index (κ1) is 14.4. The molecule has 1 aromatic carbocycles. The van der Waals surface area contributed by atoms with E-state index in [9.17, 15) is 14.7 Å². The zero-order valence-electron chi connectivity index (χ0n) is 12.1. The number of nitriles is 1. The first-order valence-corrected chi connectivity index (χ1v) is 7.38. The number of hydrogen-bond acceptors (Lipinski definition) is 3. The molecular formula is C16H17N3O3. The lowest BCUT2D eigenvalue weighted by Crippen LogP contribution is -2.54. The van der Waals surface area contributed by atoms with Crippen LogP contribution in [0.5, 0.6) is 0 Å². The molecule has 3 rings (SSSR count). The molecule has 2 atom stereocenters. The van der Waals surface area contributed by atoms with Crippen molar-refractivity contribution >= 4 is 12.0 Å². The summed E-state index contributed by atoms with van der Waals surface area (Å²) in [4.78, 5) is 27.0. The van der Waals surface area contributed by atoms with Crippen LogP contribution in [0.4, 0.5) is 4.79 Å². The number of carbonyl (C=O) groups is 2. The molecule has 0 aliphatic carbocycles. The largest absolute Gasteiger partial charge is 0.465 e. The Bertz CT molecular complexity index is 652. The summed E-state index contributed by atoms with van der Waals surface area (Å²) in [6.45, 7) is 0.746. The number of carboxylic acid groups (broad SMARTS) is 1. The number of amides is 2. The lowest BCUT2D eigenvalue weighted by atomic mass is 9.93. The Morgan fingerprint density at radius 1 is 1.23 bits per heavy atom. The number of nitrogens with zero attached hydrogens (tertiary/aromatic N) is 3. The predicted octanol–water partition coefficient (Wildman–Crippen LogP) is 1.61. The molecule has 1 aromatic rings. The van der Waals surface area contributed by atoms with Crippen LogP contribution in [0.2, 0.25) is 0 Å². The van der Waals surface area contributed by atoms with E-state index in [4.69, 9.17) is 5.26 Å². The van der Waals surface area contributed by atoms with E-state index >= 15 is 0 Å². The summed E-state index contributed by atoms with van der Waals surface area (Å²) in [6, 6.07) is 8.55. The second-order valence-corrected chi connectivity index (χ2v) is 5.72. The zero-order valence-corrected chi connectivity index (χ0v) is 12.1. The van der Waals surface area contributed by atoms with Gasteiger partial charge in [0.2, 0.25) is 5.91 Å². The van der Waals surface area contributed by atoms with Crippen LogP contribution < -0.4 is 0 Å². The molecule has 0 spiro atoms. The van der Waals surface area contributed by atoms with Gasteiger partial charge in [0.15, 0.2) is 0 Å². The average Bonchev–Trinajstić information content (AvgIpc) is 3.01. The highest BCUT2D eigenvalue weighted by molar-refractivity contribution is 5.87. The van der Waals surface area contributed by atoms with E-state index in [1.165, 1.54) is 9.80 Å². The third-order valence-electron chi connectivity index (χ3n) is 4.46. The smallest absolute Gasteiger partial charge is 0.408 e. The lowest BCUT2D eigenvalue weighted by Gasteiger charge is -2.36. The molecule has 2 aliphatic rings. The van der Waals surface area contributed by atoms with E-state index in [-0.39, 0.29) is 12.5 Å². The Morgan fingerprint density at radius 2 is 1.95 bits per heavy atom. The van der Waals surface area contributed by atoms with Gasteiger partial charge in [-0.3, -0.25) is 9.69 Å². The summed E-state index contributed by atoms with van der Waals surface area (Å²) >= 11 is 0. The molecule has 0 unspecified atom stereocenters. The summed E-state index contributed by atoms with van der Waals surface area (Å²) < 4.78 is 0. The fourth-order valence-corrected chi connectivity index (χ4v) is 3.30. The monoisotopic (exact) mass is 299 g/mol. The Balaban J connectivity index is 1.89. The molecule has 114 valence electrons. The minimum absolute atomic E-state index is 0.215. The summed E-state index contributed by atoms with van der Waals surface area (Å²) in [5.74, 6) is -0.249. The number of hydrogen-bond donors (Lipinski definition) is 1. The topological polar surface area (TPSA) is 84.6 Å². The first-order valence-electron chi connectivity index (χ1n) is 7.38.